The molecule has 112 valence electrons. The quantitative estimate of drug-likeness (QED) is 0.888. The van der Waals surface area contributed by atoms with Crippen LogP contribution in [-0.4, -0.2) is 31.1 Å². The molecule has 0 unspecified atom stereocenters. The monoisotopic (exact) mass is 298 g/mol. The van der Waals surface area contributed by atoms with Crippen molar-refractivity contribution >= 4 is 11.6 Å². The first-order valence-corrected chi connectivity index (χ1v) is 7.86. The second kappa shape index (κ2) is 7.39. The summed E-state index contributed by atoms with van der Waals surface area (Å²) in [5.74, 6) is 0.441. The van der Waals surface area contributed by atoms with Gasteiger partial charge in [-0.15, -0.1) is 0 Å². The van der Waals surface area contributed by atoms with Crippen molar-refractivity contribution in [1.29, 1.82) is 0 Å². The van der Waals surface area contributed by atoms with Crippen molar-refractivity contribution in [2.75, 3.05) is 26.2 Å². The van der Waals surface area contributed by atoms with Crippen LogP contribution in [0.4, 0.5) is 4.39 Å². The molecule has 1 aromatic carbocycles. The number of nitrogens with one attached hydrogen (secondary N) is 1. The maximum Gasteiger partial charge on any atom is 0.129 e. The minimum Gasteiger partial charge on any atom is -0.314 e. The minimum absolute atomic E-state index is 0.0909. The van der Waals surface area contributed by atoms with Crippen LogP contribution in [0.5, 0.6) is 0 Å². The van der Waals surface area contributed by atoms with E-state index in [1.807, 2.05) is 0 Å². The minimum atomic E-state index is -0.176. The molecule has 0 amide bonds. The van der Waals surface area contributed by atoms with Crippen molar-refractivity contribution in [2.45, 2.75) is 32.7 Å². The van der Waals surface area contributed by atoms with E-state index in [1.165, 1.54) is 6.07 Å². The third-order valence-electron chi connectivity index (χ3n) is 3.94. The highest BCUT2D eigenvalue weighted by molar-refractivity contribution is 6.31. The molecule has 0 aromatic heterocycles. The molecule has 1 N–H and O–H groups in total. The van der Waals surface area contributed by atoms with Crippen molar-refractivity contribution in [3.63, 3.8) is 0 Å². The average Bonchev–Trinajstić information content (AvgIpc) is 2.42. The largest absolute Gasteiger partial charge is 0.314 e. The average molecular weight is 299 g/mol. The molecular formula is C16H24ClFN2. The summed E-state index contributed by atoms with van der Waals surface area (Å²) in [6.07, 6.45) is 2.04. The van der Waals surface area contributed by atoms with Crippen LogP contribution in [-0.2, 0) is 0 Å². The van der Waals surface area contributed by atoms with Crippen molar-refractivity contribution in [1.82, 2.24) is 10.2 Å². The first-order valence-electron chi connectivity index (χ1n) is 7.48. The molecule has 20 heavy (non-hydrogen) atoms. The van der Waals surface area contributed by atoms with Crippen molar-refractivity contribution in [2.24, 2.45) is 5.92 Å². The van der Waals surface area contributed by atoms with Gasteiger partial charge in [-0.3, -0.25) is 4.90 Å². The lowest BCUT2D eigenvalue weighted by Gasteiger charge is -2.36. The van der Waals surface area contributed by atoms with E-state index in [1.54, 1.807) is 12.1 Å². The first-order chi connectivity index (χ1) is 9.59. The van der Waals surface area contributed by atoms with Gasteiger partial charge in [0.2, 0.25) is 0 Å². The summed E-state index contributed by atoms with van der Waals surface area (Å²) in [4.78, 5) is 2.36. The Kier molecular flexibility index (Phi) is 5.82. The maximum atomic E-state index is 14.3. The van der Waals surface area contributed by atoms with Crippen LogP contribution >= 0.6 is 11.6 Å². The topological polar surface area (TPSA) is 15.3 Å². The highest BCUT2D eigenvalue weighted by atomic mass is 35.5. The van der Waals surface area contributed by atoms with E-state index in [-0.39, 0.29) is 11.9 Å². The zero-order chi connectivity index (χ0) is 14.5. The fraction of sp³-hybridized carbons (Fsp3) is 0.625. The summed E-state index contributed by atoms with van der Waals surface area (Å²) in [5.41, 5.74) is 0.678. The molecule has 1 saturated heterocycles. The van der Waals surface area contributed by atoms with Gasteiger partial charge in [-0.2, -0.15) is 0 Å². The molecule has 0 saturated carbocycles. The summed E-state index contributed by atoms with van der Waals surface area (Å²) in [5, 5.41) is 3.90. The van der Waals surface area contributed by atoms with E-state index in [0.29, 0.717) is 16.5 Å². The summed E-state index contributed by atoms with van der Waals surface area (Å²) in [7, 11) is 0. The molecule has 2 nitrogen and oxygen atoms in total. The zero-order valence-corrected chi connectivity index (χ0v) is 13.1. The molecule has 0 spiro atoms. The molecule has 1 atom stereocenters. The lowest BCUT2D eigenvalue weighted by atomic mass is 9.95. The van der Waals surface area contributed by atoms with Gasteiger partial charge in [0.15, 0.2) is 0 Å². The zero-order valence-electron chi connectivity index (χ0n) is 12.3. The van der Waals surface area contributed by atoms with Gasteiger partial charge in [0.05, 0.1) is 0 Å². The Balaban J connectivity index is 2.24. The third-order valence-corrected chi connectivity index (χ3v) is 4.27. The molecule has 1 aromatic rings. The van der Waals surface area contributed by atoms with Crippen molar-refractivity contribution in [3.05, 3.63) is 34.6 Å². The molecule has 0 radical (unpaired) electrons. The molecule has 4 heteroatoms. The molecule has 0 aliphatic carbocycles. The Morgan fingerprint density at radius 2 is 1.95 bits per heavy atom. The van der Waals surface area contributed by atoms with Gasteiger partial charge >= 0.3 is 0 Å². The van der Waals surface area contributed by atoms with E-state index >= 15 is 0 Å². The predicted octanol–water partition coefficient (Wildman–Crippen LogP) is 3.86. The molecule has 0 bridgehead atoms. The first kappa shape index (κ1) is 15.7. The van der Waals surface area contributed by atoms with E-state index < -0.39 is 0 Å². The number of rotatable bonds is 5. The van der Waals surface area contributed by atoms with Gasteiger partial charge in [-0.1, -0.05) is 31.5 Å². The highest BCUT2D eigenvalue weighted by Crippen LogP contribution is 2.34. The second-order valence-electron chi connectivity index (χ2n) is 5.91. The van der Waals surface area contributed by atoms with Gasteiger partial charge < -0.3 is 5.32 Å². The van der Waals surface area contributed by atoms with Gasteiger partial charge in [0.25, 0.3) is 0 Å². The van der Waals surface area contributed by atoms with E-state index in [4.69, 9.17) is 11.6 Å². The van der Waals surface area contributed by atoms with Crippen LogP contribution in [0.25, 0.3) is 0 Å². The Labute approximate surface area is 126 Å². The number of hydrogen-bond acceptors (Lipinski definition) is 2. The fourth-order valence-corrected chi connectivity index (χ4v) is 3.11. The number of benzene rings is 1. The van der Waals surface area contributed by atoms with E-state index in [2.05, 4.69) is 24.1 Å². The Morgan fingerprint density at radius 1 is 1.25 bits per heavy atom. The highest BCUT2D eigenvalue weighted by Gasteiger charge is 2.26. The van der Waals surface area contributed by atoms with Crippen molar-refractivity contribution < 1.29 is 4.39 Å². The normalized spacial score (nSPS) is 18.4. The van der Waals surface area contributed by atoms with Crippen LogP contribution in [0.2, 0.25) is 5.02 Å². The molecule has 1 heterocycles. The van der Waals surface area contributed by atoms with Crippen molar-refractivity contribution in [3.8, 4) is 0 Å². The predicted molar refractivity (Wildman–Crippen MR) is 82.7 cm³/mol. The molecule has 2 rings (SSSR count). The van der Waals surface area contributed by atoms with Crippen LogP contribution in [0.15, 0.2) is 18.2 Å². The summed E-state index contributed by atoms with van der Waals surface area (Å²) in [6, 6.07) is 5.09. The van der Waals surface area contributed by atoms with Gasteiger partial charge in [0, 0.05) is 42.8 Å². The number of hydrogen-bond donors (Lipinski definition) is 1. The van der Waals surface area contributed by atoms with E-state index in [9.17, 15) is 4.39 Å². The van der Waals surface area contributed by atoms with Gasteiger partial charge in [-0.05, 0) is 30.9 Å². The number of nitrogens with zero attached hydrogens (tertiary/aromatic N) is 1. The lowest BCUT2D eigenvalue weighted by molar-refractivity contribution is 0.157. The van der Waals surface area contributed by atoms with Crippen LogP contribution in [0.3, 0.4) is 0 Å². The summed E-state index contributed by atoms with van der Waals surface area (Å²) in [6.45, 7) is 8.24. The fourth-order valence-electron chi connectivity index (χ4n) is 2.82. The molecular weight excluding hydrogens is 275 g/mol. The number of piperazine rings is 1. The van der Waals surface area contributed by atoms with E-state index in [0.717, 1.165) is 39.0 Å². The summed E-state index contributed by atoms with van der Waals surface area (Å²) < 4.78 is 14.3. The SMILES string of the molecule is CC(C)CC[C@H](c1c(F)cccc1Cl)N1CCNCC1. The smallest absolute Gasteiger partial charge is 0.129 e. The number of halogens is 2. The Morgan fingerprint density at radius 3 is 2.55 bits per heavy atom. The molecule has 1 fully saturated rings. The lowest BCUT2D eigenvalue weighted by Crippen LogP contribution is -2.45. The van der Waals surface area contributed by atoms with Crippen LogP contribution < -0.4 is 5.32 Å². The second-order valence-corrected chi connectivity index (χ2v) is 6.32. The standard InChI is InChI=1S/C16H24ClFN2/c1-12(2)6-7-15(20-10-8-19-9-11-20)16-13(17)4-3-5-14(16)18/h3-5,12,15,19H,6-11H2,1-2H3/t15-/m1/s1. The maximum absolute atomic E-state index is 14.3. The van der Waals surface area contributed by atoms with Gasteiger partial charge in [0.1, 0.15) is 5.82 Å². The Bertz CT molecular complexity index is 410. The van der Waals surface area contributed by atoms with Gasteiger partial charge in [-0.25, -0.2) is 4.39 Å². The third kappa shape index (κ3) is 3.94. The molecule has 1 aliphatic heterocycles. The summed E-state index contributed by atoms with van der Waals surface area (Å²) >= 11 is 6.28. The van der Waals surface area contributed by atoms with Crippen LogP contribution in [0.1, 0.15) is 38.3 Å². The molecule has 1 aliphatic rings. The van der Waals surface area contributed by atoms with Crippen LogP contribution in [0, 0.1) is 11.7 Å². The Hall–Kier alpha value is -0.640.